The summed E-state index contributed by atoms with van der Waals surface area (Å²) < 4.78 is 2.45. The second kappa shape index (κ2) is 9.23. The second-order valence-corrected chi connectivity index (χ2v) is 8.74. The number of carboxylic acid groups (broad SMARTS) is 1. The van der Waals surface area contributed by atoms with Crippen molar-refractivity contribution in [3.05, 3.63) is 84.6 Å². The average molecular weight is 469 g/mol. The van der Waals surface area contributed by atoms with E-state index in [2.05, 4.69) is 4.98 Å². The number of hydrogen-bond donors (Lipinski definition) is 1. The van der Waals surface area contributed by atoms with Crippen molar-refractivity contribution in [2.45, 2.75) is 39.7 Å². The molecule has 9 heteroatoms. The summed E-state index contributed by atoms with van der Waals surface area (Å²) in [6.45, 7) is 5.40. The first-order chi connectivity index (χ1) is 15.8. The van der Waals surface area contributed by atoms with Crippen LogP contribution in [0.25, 0.3) is 5.69 Å². The smallest absolute Gasteiger partial charge is 0.355 e. The van der Waals surface area contributed by atoms with Crippen molar-refractivity contribution in [3.63, 3.8) is 0 Å². The number of piperidine rings is 1. The normalized spacial score (nSPS) is 13.8. The Bertz CT molecular complexity index is 1340. The summed E-state index contributed by atoms with van der Waals surface area (Å²) >= 11 is 6.20. The fraction of sp³-hybridized carbons (Fsp3) is 0.333. The van der Waals surface area contributed by atoms with E-state index < -0.39 is 17.3 Å². The summed E-state index contributed by atoms with van der Waals surface area (Å²) in [6, 6.07) is 10.1. The van der Waals surface area contributed by atoms with Crippen LogP contribution in [0.4, 0.5) is 5.95 Å². The summed E-state index contributed by atoms with van der Waals surface area (Å²) in [6.07, 6.45) is 2.93. The number of nitrogens with zero attached hydrogens (tertiary/aromatic N) is 4. The van der Waals surface area contributed by atoms with Crippen LogP contribution in [0.1, 0.15) is 46.3 Å². The van der Waals surface area contributed by atoms with Crippen LogP contribution in [-0.2, 0) is 6.54 Å². The monoisotopic (exact) mass is 468 g/mol. The van der Waals surface area contributed by atoms with Crippen molar-refractivity contribution >= 4 is 23.5 Å². The van der Waals surface area contributed by atoms with Gasteiger partial charge < -0.3 is 10.0 Å². The first-order valence-electron chi connectivity index (χ1n) is 10.8. The Balaban J connectivity index is 1.89. The van der Waals surface area contributed by atoms with E-state index in [9.17, 15) is 19.5 Å². The van der Waals surface area contributed by atoms with Crippen LogP contribution in [0.5, 0.6) is 0 Å². The summed E-state index contributed by atoms with van der Waals surface area (Å²) in [7, 11) is 0. The lowest BCUT2D eigenvalue weighted by atomic mass is 10.1. The predicted octanol–water partition coefficient (Wildman–Crippen LogP) is 3.40. The minimum atomic E-state index is -1.16. The molecule has 1 aliphatic rings. The minimum Gasteiger partial charge on any atom is -0.478 e. The Morgan fingerprint density at radius 1 is 1.03 bits per heavy atom. The predicted molar refractivity (Wildman–Crippen MR) is 127 cm³/mol. The van der Waals surface area contributed by atoms with Crippen LogP contribution in [0.15, 0.2) is 46.0 Å². The third kappa shape index (κ3) is 4.57. The number of carboxylic acids is 1. The van der Waals surface area contributed by atoms with Crippen LogP contribution in [0.3, 0.4) is 0 Å². The van der Waals surface area contributed by atoms with Gasteiger partial charge in [0.15, 0.2) is 0 Å². The van der Waals surface area contributed by atoms with Gasteiger partial charge in [0.1, 0.15) is 0 Å². The summed E-state index contributed by atoms with van der Waals surface area (Å²) in [5, 5.41) is 9.31. The number of halogens is 1. The van der Waals surface area contributed by atoms with Gasteiger partial charge in [-0.1, -0.05) is 29.8 Å². The lowest BCUT2D eigenvalue weighted by molar-refractivity contribution is 0.0697. The molecule has 1 N–H and O–H groups in total. The van der Waals surface area contributed by atoms with E-state index in [1.54, 1.807) is 0 Å². The summed E-state index contributed by atoms with van der Waals surface area (Å²) in [4.78, 5) is 44.2. The molecule has 0 aliphatic carbocycles. The molecule has 1 aliphatic heterocycles. The molecule has 0 amide bonds. The number of rotatable bonds is 5. The van der Waals surface area contributed by atoms with Crippen molar-refractivity contribution in [3.8, 4) is 5.69 Å². The number of aromatic nitrogens is 3. The Labute approximate surface area is 195 Å². The van der Waals surface area contributed by atoms with Crippen LogP contribution in [-0.4, -0.2) is 38.3 Å². The van der Waals surface area contributed by atoms with Gasteiger partial charge in [-0.15, -0.1) is 0 Å². The number of hydrogen-bond acceptors (Lipinski definition) is 5. The van der Waals surface area contributed by atoms with Crippen molar-refractivity contribution in [2.24, 2.45) is 0 Å². The molecule has 33 heavy (non-hydrogen) atoms. The van der Waals surface area contributed by atoms with Crippen LogP contribution >= 0.6 is 11.6 Å². The quantitative estimate of drug-likeness (QED) is 0.616. The molecule has 2 heterocycles. The zero-order chi connectivity index (χ0) is 23.7. The number of anilines is 1. The van der Waals surface area contributed by atoms with Gasteiger partial charge in [0.25, 0.3) is 0 Å². The van der Waals surface area contributed by atoms with Gasteiger partial charge in [0.05, 0.1) is 22.8 Å². The van der Waals surface area contributed by atoms with Crippen molar-refractivity contribution in [1.82, 2.24) is 14.1 Å². The topological polar surface area (TPSA) is 97.4 Å². The van der Waals surface area contributed by atoms with Gasteiger partial charge in [0, 0.05) is 13.1 Å². The highest BCUT2D eigenvalue weighted by molar-refractivity contribution is 6.33. The van der Waals surface area contributed by atoms with E-state index in [4.69, 9.17) is 11.6 Å². The zero-order valence-corrected chi connectivity index (χ0v) is 19.3. The first kappa shape index (κ1) is 22.8. The molecular weight excluding hydrogens is 444 g/mol. The molecule has 0 radical (unpaired) electrons. The zero-order valence-electron chi connectivity index (χ0n) is 18.5. The molecule has 1 aromatic heterocycles. The highest BCUT2D eigenvalue weighted by Crippen LogP contribution is 2.23. The van der Waals surface area contributed by atoms with E-state index >= 15 is 0 Å². The molecule has 0 unspecified atom stereocenters. The molecule has 4 rings (SSSR count). The molecule has 1 fully saturated rings. The maximum absolute atomic E-state index is 13.6. The molecule has 0 saturated carbocycles. The minimum absolute atomic E-state index is 0.00315. The second-order valence-electron chi connectivity index (χ2n) is 8.33. The molecule has 8 nitrogen and oxygen atoms in total. The lowest BCUT2D eigenvalue weighted by Gasteiger charge is -2.29. The van der Waals surface area contributed by atoms with Crippen LogP contribution < -0.4 is 16.3 Å². The molecule has 172 valence electrons. The SMILES string of the molecule is Cc1ccc(Cn2c(=O)nc(N3CCCCC3)n(-c3ccc(C(=O)O)c(Cl)c3)c2=O)cc1C. The average Bonchev–Trinajstić information content (AvgIpc) is 2.79. The van der Waals surface area contributed by atoms with Crippen LogP contribution in [0, 0.1) is 13.8 Å². The van der Waals surface area contributed by atoms with E-state index in [1.807, 2.05) is 36.9 Å². The van der Waals surface area contributed by atoms with Gasteiger partial charge >= 0.3 is 17.3 Å². The standard InChI is InChI=1S/C24H25ClN4O4/c1-15-6-7-17(12-16(15)2)14-28-23(32)26-22(27-10-4-3-5-11-27)29(24(28)33)18-8-9-19(21(30)31)20(25)13-18/h6-9,12-13H,3-5,10-11,14H2,1-2H3,(H,30,31). The molecule has 0 spiro atoms. The van der Waals surface area contributed by atoms with Gasteiger partial charge in [-0.05, 0) is 68.0 Å². The number of benzene rings is 2. The van der Waals surface area contributed by atoms with Crippen molar-refractivity contribution in [1.29, 1.82) is 0 Å². The van der Waals surface area contributed by atoms with E-state index in [0.29, 0.717) is 18.8 Å². The van der Waals surface area contributed by atoms with Gasteiger partial charge in [-0.3, -0.25) is 0 Å². The van der Waals surface area contributed by atoms with Gasteiger partial charge in [-0.25, -0.2) is 23.5 Å². The Hall–Kier alpha value is -3.39. The summed E-state index contributed by atoms with van der Waals surface area (Å²) in [5.74, 6) is -0.909. The Morgan fingerprint density at radius 3 is 2.39 bits per heavy atom. The maximum atomic E-state index is 13.6. The van der Waals surface area contributed by atoms with E-state index in [0.717, 1.165) is 40.5 Å². The number of aromatic carboxylic acids is 1. The molecule has 0 atom stereocenters. The summed E-state index contributed by atoms with van der Waals surface area (Å²) in [5.41, 5.74) is 2.12. The number of aryl methyl sites for hydroxylation is 2. The third-order valence-corrected chi connectivity index (χ3v) is 6.35. The van der Waals surface area contributed by atoms with E-state index in [1.165, 1.54) is 22.8 Å². The number of carbonyl (C=O) groups is 1. The van der Waals surface area contributed by atoms with Crippen LogP contribution in [0.2, 0.25) is 5.02 Å². The fourth-order valence-corrected chi connectivity index (χ4v) is 4.31. The largest absolute Gasteiger partial charge is 0.478 e. The fourth-order valence-electron chi connectivity index (χ4n) is 4.05. The molecular formula is C24H25ClN4O4. The first-order valence-corrected chi connectivity index (χ1v) is 11.2. The third-order valence-electron chi connectivity index (χ3n) is 6.04. The Kier molecular flexibility index (Phi) is 6.37. The lowest BCUT2D eigenvalue weighted by Crippen LogP contribution is -2.45. The molecule has 3 aromatic rings. The van der Waals surface area contributed by atoms with Crippen molar-refractivity contribution < 1.29 is 9.90 Å². The van der Waals surface area contributed by atoms with Crippen molar-refractivity contribution in [2.75, 3.05) is 18.0 Å². The Morgan fingerprint density at radius 2 is 1.76 bits per heavy atom. The molecule has 0 bridgehead atoms. The highest BCUT2D eigenvalue weighted by atomic mass is 35.5. The molecule has 1 saturated heterocycles. The van der Waals surface area contributed by atoms with Gasteiger partial charge in [-0.2, -0.15) is 4.98 Å². The maximum Gasteiger partial charge on any atom is 0.355 e. The highest BCUT2D eigenvalue weighted by Gasteiger charge is 2.22. The van der Waals surface area contributed by atoms with E-state index in [-0.39, 0.29) is 23.1 Å². The molecule has 2 aromatic carbocycles. The van der Waals surface area contributed by atoms with Gasteiger partial charge in [0.2, 0.25) is 5.95 Å².